The van der Waals surface area contributed by atoms with Gasteiger partial charge in [0, 0.05) is 31.7 Å². The number of rotatable bonds is 7. The third kappa shape index (κ3) is 3.92. The minimum absolute atomic E-state index is 0.0613. The first-order valence-electron chi connectivity index (χ1n) is 7.39. The average Bonchev–Trinajstić information content (AvgIpc) is 2.97. The fraction of sp³-hybridized carbons (Fsp3) is 1.00. The number of hydrogen-bond donors (Lipinski definition) is 2. The number of ether oxygens (including phenoxy) is 2. The average molecular weight is 256 g/mol. The molecule has 0 spiro atoms. The summed E-state index contributed by atoms with van der Waals surface area (Å²) in [6.45, 7) is 10.2. The van der Waals surface area contributed by atoms with Crippen LogP contribution in [0.4, 0.5) is 0 Å². The summed E-state index contributed by atoms with van der Waals surface area (Å²) in [6.07, 6.45) is 3.56. The molecule has 2 fully saturated rings. The first-order valence-corrected chi connectivity index (χ1v) is 7.39. The van der Waals surface area contributed by atoms with Crippen LogP contribution in [0.1, 0.15) is 33.1 Å². The van der Waals surface area contributed by atoms with Crippen molar-refractivity contribution in [1.29, 1.82) is 0 Å². The van der Waals surface area contributed by atoms with E-state index in [0.717, 1.165) is 39.5 Å². The zero-order chi connectivity index (χ0) is 12.8. The molecule has 0 aromatic heterocycles. The van der Waals surface area contributed by atoms with Crippen molar-refractivity contribution in [3.8, 4) is 0 Å². The highest BCUT2D eigenvalue weighted by molar-refractivity contribution is 4.86. The summed E-state index contributed by atoms with van der Waals surface area (Å²) in [5.41, 5.74) is 0.0613. The molecule has 2 rings (SSSR count). The Morgan fingerprint density at radius 1 is 1.33 bits per heavy atom. The van der Waals surface area contributed by atoms with Gasteiger partial charge in [0.2, 0.25) is 0 Å². The van der Waals surface area contributed by atoms with E-state index in [4.69, 9.17) is 9.47 Å². The van der Waals surface area contributed by atoms with E-state index in [0.29, 0.717) is 12.0 Å². The Morgan fingerprint density at radius 3 is 2.94 bits per heavy atom. The van der Waals surface area contributed by atoms with Gasteiger partial charge in [0.05, 0.1) is 18.8 Å². The Labute approximate surface area is 111 Å². The molecule has 0 saturated carbocycles. The molecule has 0 bridgehead atoms. The lowest BCUT2D eigenvalue weighted by molar-refractivity contribution is 0.0201. The standard InChI is InChI=1S/C14H28N2O2/c1-3-6-16-13-10-17-9-12(13)8-15-11-14(2)5-4-7-18-14/h12-13,15-16H,3-11H2,1-2H3. The maximum Gasteiger partial charge on any atom is 0.0779 e. The summed E-state index contributed by atoms with van der Waals surface area (Å²) in [5, 5.41) is 7.14. The number of hydrogen-bond acceptors (Lipinski definition) is 4. The molecule has 106 valence electrons. The maximum absolute atomic E-state index is 5.79. The van der Waals surface area contributed by atoms with Gasteiger partial charge in [-0.1, -0.05) is 6.92 Å². The molecule has 3 atom stereocenters. The van der Waals surface area contributed by atoms with E-state index >= 15 is 0 Å². The minimum Gasteiger partial charge on any atom is -0.379 e. The molecule has 2 heterocycles. The molecule has 2 aliphatic rings. The van der Waals surface area contributed by atoms with Crippen molar-refractivity contribution in [1.82, 2.24) is 10.6 Å². The fourth-order valence-corrected chi connectivity index (χ4v) is 2.85. The van der Waals surface area contributed by atoms with Crippen LogP contribution in [0.3, 0.4) is 0 Å². The van der Waals surface area contributed by atoms with Crippen LogP contribution in [0.15, 0.2) is 0 Å². The molecule has 2 saturated heterocycles. The van der Waals surface area contributed by atoms with E-state index in [-0.39, 0.29) is 5.60 Å². The van der Waals surface area contributed by atoms with E-state index in [1.165, 1.54) is 19.3 Å². The zero-order valence-electron chi connectivity index (χ0n) is 11.8. The van der Waals surface area contributed by atoms with Gasteiger partial charge in [-0.15, -0.1) is 0 Å². The lowest BCUT2D eigenvalue weighted by atomic mass is 10.0. The Morgan fingerprint density at radius 2 is 2.22 bits per heavy atom. The summed E-state index contributed by atoms with van der Waals surface area (Å²) in [6, 6.07) is 0.523. The van der Waals surface area contributed by atoms with Crippen LogP contribution in [-0.2, 0) is 9.47 Å². The highest BCUT2D eigenvalue weighted by Gasteiger charge is 2.31. The molecule has 4 nitrogen and oxygen atoms in total. The lowest BCUT2D eigenvalue weighted by Gasteiger charge is -2.25. The van der Waals surface area contributed by atoms with Crippen molar-refractivity contribution in [2.75, 3.05) is 39.5 Å². The normalized spacial score (nSPS) is 36.3. The van der Waals surface area contributed by atoms with E-state index in [1.807, 2.05) is 0 Å². The largest absolute Gasteiger partial charge is 0.379 e. The van der Waals surface area contributed by atoms with Crippen molar-refractivity contribution in [2.24, 2.45) is 5.92 Å². The lowest BCUT2D eigenvalue weighted by Crippen LogP contribution is -2.44. The van der Waals surface area contributed by atoms with Crippen LogP contribution in [0.2, 0.25) is 0 Å². The smallest absolute Gasteiger partial charge is 0.0779 e. The van der Waals surface area contributed by atoms with Gasteiger partial charge >= 0.3 is 0 Å². The second-order valence-electron chi connectivity index (χ2n) is 5.89. The maximum atomic E-state index is 5.79. The van der Waals surface area contributed by atoms with Crippen LogP contribution in [0.5, 0.6) is 0 Å². The summed E-state index contributed by atoms with van der Waals surface area (Å²) in [4.78, 5) is 0. The topological polar surface area (TPSA) is 42.5 Å². The molecule has 18 heavy (non-hydrogen) atoms. The van der Waals surface area contributed by atoms with Gasteiger partial charge in [-0.2, -0.15) is 0 Å². The fourth-order valence-electron chi connectivity index (χ4n) is 2.85. The molecule has 0 aliphatic carbocycles. The van der Waals surface area contributed by atoms with Gasteiger partial charge in [-0.05, 0) is 32.7 Å². The molecule has 3 unspecified atom stereocenters. The van der Waals surface area contributed by atoms with Gasteiger partial charge in [0.25, 0.3) is 0 Å². The molecule has 2 N–H and O–H groups in total. The molecule has 0 aromatic rings. The highest BCUT2D eigenvalue weighted by Crippen LogP contribution is 2.24. The van der Waals surface area contributed by atoms with Gasteiger partial charge in [-0.3, -0.25) is 0 Å². The SMILES string of the molecule is CCCNC1COCC1CNCC1(C)CCCO1. The van der Waals surface area contributed by atoms with Gasteiger partial charge in [0.1, 0.15) is 0 Å². The second kappa shape index (κ2) is 6.85. The van der Waals surface area contributed by atoms with Crippen molar-refractivity contribution in [3.05, 3.63) is 0 Å². The molecular formula is C14H28N2O2. The summed E-state index contributed by atoms with van der Waals surface area (Å²) < 4.78 is 11.4. The monoisotopic (exact) mass is 256 g/mol. The van der Waals surface area contributed by atoms with Crippen molar-refractivity contribution in [2.45, 2.75) is 44.8 Å². The van der Waals surface area contributed by atoms with Crippen molar-refractivity contribution >= 4 is 0 Å². The van der Waals surface area contributed by atoms with Crippen molar-refractivity contribution < 1.29 is 9.47 Å². The molecule has 0 radical (unpaired) electrons. The van der Waals surface area contributed by atoms with Gasteiger partial charge < -0.3 is 20.1 Å². The Hall–Kier alpha value is -0.160. The Kier molecular flexibility index (Phi) is 5.42. The van der Waals surface area contributed by atoms with Crippen LogP contribution >= 0.6 is 0 Å². The Balaban J connectivity index is 1.65. The van der Waals surface area contributed by atoms with Gasteiger partial charge in [-0.25, -0.2) is 0 Å². The Bertz CT molecular complexity index is 242. The van der Waals surface area contributed by atoms with Crippen LogP contribution < -0.4 is 10.6 Å². The van der Waals surface area contributed by atoms with E-state index in [9.17, 15) is 0 Å². The first-order chi connectivity index (χ1) is 8.73. The third-order valence-electron chi connectivity index (χ3n) is 4.06. The predicted octanol–water partition coefficient (Wildman–Crippen LogP) is 1.16. The van der Waals surface area contributed by atoms with E-state index in [2.05, 4.69) is 24.5 Å². The van der Waals surface area contributed by atoms with E-state index in [1.54, 1.807) is 0 Å². The van der Waals surface area contributed by atoms with Crippen LogP contribution in [0.25, 0.3) is 0 Å². The summed E-state index contributed by atoms with van der Waals surface area (Å²) >= 11 is 0. The van der Waals surface area contributed by atoms with Gasteiger partial charge in [0.15, 0.2) is 0 Å². The highest BCUT2D eigenvalue weighted by atomic mass is 16.5. The third-order valence-corrected chi connectivity index (χ3v) is 4.06. The summed E-state index contributed by atoms with van der Waals surface area (Å²) in [5.74, 6) is 0.599. The minimum atomic E-state index is 0.0613. The first kappa shape index (κ1) is 14.3. The molecule has 2 aliphatic heterocycles. The van der Waals surface area contributed by atoms with Crippen LogP contribution in [-0.4, -0.2) is 51.1 Å². The predicted molar refractivity (Wildman–Crippen MR) is 72.9 cm³/mol. The number of nitrogens with one attached hydrogen (secondary N) is 2. The summed E-state index contributed by atoms with van der Waals surface area (Å²) in [7, 11) is 0. The molecule has 0 amide bonds. The van der Waals surface area contributed by atoms with Crippen LogP contribution in [0, 0.1) is 5.92 Å². The van der Waals surface area contributed by atoms with Crippen molar-refractivity contribution in [3.63, 3.8) is 0 Å². The van der Waals surface area contributed by atoms with E-state index < -0.39 is 0 Å². The second-order valence-corrected chi connectivity index (χ2v) is 5.89. The quantitative estimate of drug-likeness (QED) is 0.717. The zero-order valence-corrected chi connectivity index (χ0v) is 11.8. The molecular weight excluding hydrogens is 228 g/mol. The molecule has 4 heteroatoms. The molecule has 0 aromatic carbocycles.